The number of aromatic nitrogens is 2. The molecule has 178 valence electrons. The number of aryl methyl sites for hydroxylation is 1. The van der Waals surface area contributed by atoms with Gasteiger partial charge in [-0.05, 0) is 54.8 Å². The smallest absolute Gasteiger partial charge is 0.267 e. The zero-order valence-corrected chi connectivity index (χ0v) is 20.1. The fourth-order valence-electron chi connectivity index (χ4n) is 4.23. The molecule has 0 atom stereocenters. The van der Waals surface area contributed by atoms with Crippen LogP contribution in [0.1, 0.15) is 12.8 Å². The van der Waals surface area contributed by atoms with E-state index >= 15 is 0 Å². The minimum atomic E-state index is -3.61. The van der Waals surface area contributed by atoms with E-state index in [1.165, 1.54) is 15.1 Å². The van der Waals surface area contributed by atoms with Crippen molar-refractivity contribution in [1.82, 2.24) is 14.1 Å². The van der Waals surface area contributed by atoms with Crippen molar-refractivity contribution in [1.29, 1.82) is 0 Å². The van der Waals surface area contributed by atoms with Crippen LogP contribution in [0.2, 0.25) is 0 Å². The Kier molecular flexibility index (Phi) is 6.23. The van der Waals surface area contributed by atoms with E-state index < -0.39 is 10.0 Å². The molecule has 0 radical (unpaired) electrons. The SMILES string of the molecule is Cn1nc(-c2ccccc2Oc2ccccc2)c(-c2cccc(S(=O)(=O)N3CCCC3)c2)cc1=O. The zero-order chi connectivity index (χ0) is 24.4. The van der Waals surface area contributed by atoms with Crippen LogP contribution < -0.4 is 10.3 Å². The predicted octanol–water partition coefficient (Wildman–Crippen LogP) is 4.69. The van der Waals surface area contributed by atoms with E-state index in [0.29, 0.717) is 47.0 Å². The molecule has 35 heavy (non-hydrogen) atoms. The summed E-state index contributed by atoms with van der Waals surface area (Å²) in [7, 11) is -2.02. The lowest BCUT2D eigenvalue weighted by Gasteiger charge is -2.17. The molecule has 5 rings (SSSR count). The van der Waals surface area contributed by atoms with Crippen LogP contribution in [0, 0.1) is 0 Å². The van der Waals surface area contributed by atoms with E-state index in [4.69, 9.17) is 4.74 Å². The van der Waals surface area contributed by atoms with Gasteiger partial charge in [0.05, 0.1) is 4.90 Å². The Morgan fingerprint density at radius 3 is 2.31 bits per heavy atom. The van der Waals surface area contributed by atoms with Crippen LogP contribution in [-0.4, -0.2) is 35.6 Å². The molecule has 8 heteroatoms. The summed E-state index contributed by atoms with van der Waals surface area (Å²) < 4.78 is 35.3. The van der Waals surface area contributed by atoms with Crippen molar-refractivity contribution in [2.75, 3.05) is 13.1 Å². The first kappa shape index (κ1) is 23.0. The highest BCUT2D eigenvalue weighted by molar-refractivity contribution is 7.89. The number of rotatable bonds is 6. The lowest BCUT2D eigenvalue weighted by molar-refractivity contribution is 0.477. The van der Waals surface area contributed by atoms with Gasteiger partial charge in [0, 0.05) is 37.3 Å². The standard InChI is InChI=1S/C27H25N3O4S/c1-29-26(31)19-24(20-10-9-13-22(18-20)35(32,33)30-16-7-8-17-30)27(28-29)23-14-5-6-15-25(23)34-21-11-3-2-4-12-21/h2-6,9-15,18-19H,7-8,16-17H2,1H3. The van der Waals surface area contributed by atoms with Gasteiger partial charge in [-0.3, -0.25) is 4.79 Å². The molecule has 2 heterocycles. The summed E-state index contributed by atoms with van der Waals surface area (Å²) in [6, 6.07) is 25.1. The summed E-state index contributed by atoms with van der Waals surface area (Å²) in [5.74, 6) is 1.25. The Balaban J connectivity index is 1.64. The van der Waals surface area contributed by atoms with Crippen molar-refractivity contribution in [3.8, 4) is 33.9 Å². The Labute approximate surface area is 204 Å². The van der Waals surface area contributed by atoms with Gasteiger partial charge in [0.2, 0.25) is 10.0 Å². The number of sulfonamides is 1. The Hall–Kier alpha value is -3.75. The highest BCUT2D eigenvalue weighted by Crippen LogP contribution is 2.37. The Morgan fingerprint density at radius 1 is 0.829 bits per heavy atom. The van der Waals surface area contributed by atoms with Crippen molar-refractivity contribution in [3.05, 3.63) is 95.3 Å². The van der Waals surface area contributed by atoms with E-state index in [1.54, 1.807) is 31.3 Å². The molecular formula is C27H25N3O4S. The normalized spacial score (nSPS) is 14.2. The molecule has 0 aliphatic carbocycles. The second-order valence-electron chi connectivity index (χ2n) is 8.42. The first-order valence-corrected chi connectivity index (χ1v) is 12.9. The summed E-state index contributed by atoms with van der Waals surface area (Å²) in [5.41, 5.74) is 2.05. The number of hydrogen-bond acceptors (Lipinski definition) is 5. The monoisotopic (exact) mass is 487 g/mol. The third kappa shape index (κ3) is 4.62. The molecule has 0 saturated carbocycles. The molecule has 1 aliphatic rings. The van der Waals surface area contributed by atoms with Crippen LogP contribution in [0.4, 0.5) is 0 Å². The van der Waals surface area contributed by atoms with Gasteiger partial charge in [-0.2, -0.15) is 9.40 Å². The van der Waals surface area contributed by atoms with Crippen LogP contribution in [0.25, 0.3) is 22.4 Å². The minimum absolute atomic E-state index is 0.206. The first-order chi connectivity index (χ1) is 16.9. The van der Waals surface area contributed by atoms with Gasteiger partial charge in [-0.25, -0.2) is 13.1 Å². The van der Waals surface area contributed by atoms with E-state index in [2.05, 4.69) is 5.10 Å². The fraction of sp³-hybridized carbons (Fsp3) is 0.185. The molecule has 3 aromatic carbocycles. The van der Waals surface area contributed by atoms with E-state index in [1.807, 2.05) is 54.6 Å². The van der Waals surface area contributed by atoms with E-state index in [9.17, 15) is 13.2 Å². The molecular weight excluding hydrogens is 462 g/mol. The maximum absolute atomic E-state index is 13.2. The Morgan fingerprint density at radius 2 is 1.54 bits per heavy atom. The molecule has 1 aromatic heterocycles. The molecule has 0 spiro atoms. The number of benzene rings is 3. The van der Waals surface area contributed by atoms with Gasteiger partial charge < -0.3 is 4.74 Å². The zero-order valence-electron chi connectivity index (χ0n) is 19.3. The van der Waals surface area contributed by atoms with Crippen LogP contribution in [0.5, 0.6) is 11.5 Å². The van der Waals surface area contributed by atoms with Crippen LogP contribution in [0.3, 0.4) is 0 Å². The number of ether oxygens (including phenoxy) is 1. The third-order valence-electron chi connectivity index (χ3n) is 6.05. The molecule has 0 amide bonds. The summed E-state index contributed by atoms with van der Waals surface area (Å²) in [5, 5.41) is 4.56. The maximum Gasteiger partial charge on any atom is 0.267 e. The highest BCUT2D eigenvalue weighted by Gasteiger charge is 2.27. The summed E-state index contributed by atoms with van der Waals surface area (Å²) in [6.45, 7) is 1.05. The molecule has 0 N–H and O–H groups in total. The van der Waals surface area contributed by atoms with Crippen LogP contribution in [0.15, 0.2) is 94.6 Å². The third-order valence-corrected chi connectivity index (χ3v) is 7.95. The number of nitrogens with zero attached hydrogens (tertiary/aromatic N) is 3. The van der Waals surface area contributed by atoms with Crippen molar-refractivity contribution < 1.29 is 13.2 Å². The van der Waals surface area contributed by atoms with Gasteiger partial charge in [0.15, 0.2) is 0 Å². The minimum Gasteiger partial charge on any atom is -0.457 e. The number of para-hydroxylation sites is 2. The average molecular weight is 488 g/mol. The van der Waals surface area contributed by atoms with Gasteiger partial charge in [-0.1, -0.05) is 42.5 Å². The Bertz CT molecular complexity index is 1530. The van der Waals surface area contributed by atoms with Gasteiger partial charge in [0.25, 0.3) is 5.56 Å². The van der Waals surface area contributed by atoms with Crippen LogP contribution >= 0.6 is 0 Å². The quantitative estimate of drug-likeness (QED) is 0.394. The van der Waals surface area contributed by atoms with Crippen LogP contribution in [-0.2, 0) is 17.1 Å². The van der Waals surface area contributed by atoms with E-state index in [-0.39, 0.29) is 10.5 Å². The largest absolute Gasteiger partial charge is 0.457 e. The molecule has 1 fully saturated rings. The lowest BCUT2D eigenvalue weighted by atomic mass is 9.99. The second kappa shape index (κ2) is 9.48. The predicted molar refractivity (Wildman–Crippen MR) is 135 cm³/mol. The van der Waals surface area contributed by atoms with Crippen molar-refractivity contribution >= 4 is 10.0 Å². The molecule has 0 bridgehead atoms. The molecule has 1 saturated heterocycles. The molecule has 7 nitrogen and oxygen atoms in total. The summed E-state index contributed by atoms with van der Waals surface area (Å²) in [6.07, 6.45) is 1.72. The molecule has 4 aromatic rings. The second-order valence-corrected chi connectivity index (χ2v) is 10.4. The van der Waals surface area contributed by atoms with Crippen molar-refractivity contribution in [3.63, 3.8) is 0 Å². The van der Waals surface area contributed by atoms with Gasteiger partial charge in [0.1, 0.15) is 17.2 Å². The molecule has 1 aliphatic heterocycles. The molecule has 0 unspecified atom stereocenters. The van der Waals surface area contributed by atoms with Crippen molar-refractivity contribution in [2.24, 2.45) is 7.05 Å². The topological polar surface area (TPSA) is 81.5 Å². The van der Waals surface area contributed by atoms with Gasteiger partial charge >= 0.3 is 0 Å². The summed E-state index contributed by atoms with van der Waals surface area (Å²) >= 11 is 0. The maximum atomic E-state index is 13.2. The summed E-state index contributed by atoms with van der Waals surface area (Å²) in [4.78, 5) is 12.8. The number of hydrogen-bond donors (Lipinski definition) is 0. The highest BCUT2D eigenvalue weighted by atomic mass is 32.2. The fourth-order valence-corrected chi connectivity index (χ4v) is 5.79. The average Bonchev–Trinajstić information content (AvgIpc) is 3.43. The van der Waals surface area contributed by atoms with Gasteiger partial charge in [-0.15, -0.1) is 0 Å². The first-order valence-electron chi connectivity index (χ1n) is 11.4. The van der Waals surface area contributed by atoms with E-state index in [0.717, 1.165) is 12.8 Å². The van der Waals surface area contributed by atoms with Crippen molar-refractivity contribution in [2.45, 2.75) is 17.7 Å². The lowest BCUT2D eigenvalue weighted by Crippen LogP contribution is -2.27.